The molecule has 1 aromatic carbocycles. The van der Waals surface area contributed by atoms with Gasteiger partial charge in [0.1, 0.15) is 11.4 Å². The van der Waals surface area contributed by atoms with Gasteiger partial charge in [-0.3, -0.25) is 20.2 Å². The molecule has 0 heterocycles. The Bertz CT molecular complexity index is 335. The number of phenols is 1. The van der Waals surface area contributed by atoms with E-state index in [9.17, 15) is 5.11 Å². The highest BCUT2D eigenvalue weighted by atomic mass is 16.7. The van der Waals surface area contributed by atoms with Gasteiger partial charge in [-0.25, -0.2) is 0 Å². The number of aromatic hydroxyl groups is 1. The highest BCUT2D eigenvalue weighted by Gasteiger charge is 2.13. The van der Waals surface area contributed by atoms with E-state index in [0.717, 1.165) is 0 Å². The summed E-state index contributed by atoms with van der Waals surface area (Å²) in [5.41, 5.74) is 11.7. The first-order valence-electron chi connectivity index (χ1n) is 4.61. The van der Waals surface area contributed by atoms with E-state index in [1.807, 2.05) is 0 Å². The highest BCUT2D eigenvalue weighted by molar-refractivity contribution is 5.74. The minimum absolute atomic E-state index is 0.0516. The molecule has 0 saturated carbocycles. The van der Waals surface area contributed by atoms with Crippen LogP contribution in [0.1, 0.15) is 0 Å². The maximum absolute atomic E-state index is 9.66. The monoisotopic (exact) mass is 228 g/mol. The smallest absolute Gasteiger partial charge is 0.143 e. The number of nitrogens with zero attached hydrogens (tertiary/aromatic N) is 1. The minimum Gasteiger partial charge on any atom is -0.506 e. The topological polar surface area (TPSA) is 92.0 Å². The molecule has 1 rings (SSSR count). The number of nitrogens with one attached hydrogen (secondary N) is 2. The van der Waals surface area contributed by atoms with Crippen molar-refractivity contribution < 1.29 is 14.8 Å². The maximum atomic E-state index is 9.66. The maximum Gasteiger partial charge on any atom is 0.143 e. The fourth-order valence-corrected chi connectivity index (χ4v) is 1.25. The number of hydrazine groups is 1. The van der Waals surface area contributed by atoms with E-state index in [1.165, 1.54) is 25.3 Å². The van der Waals surface area contributed by atoms with Crippen molar-refractivity contribution in [1.82, 2.24) is 5.59 Å². The van der Waals surface area contributed by atoms with Gasteiger partial charge in [-0.05, 0) is 12.1 Å². The molecule has 0 radical (unpaired) electrons. The van der Waals surface area contributed by atoms with Crippen molar-refractivity contribution in [2.24, 2.45) is 5.73 Å². The Morgan fingerprint density at radius 2 is 2.12 bits per heavy atom. The first-order valence-corrected chi connectivity index (χ1v) is 4.61. The number of phenolic OH excluding ortho intramolecular Hbond substituents is 1. The van der Waals surface area contributed by atoms with Gasteiger partial charge in [0.15, 0.2) is 0 Å². The van der Waals surface area contributed by atoms with Gasteiger partial charge in [0.2, 0.25) is 0 Å². The molecule has 90 valence electrons. The SMILES string of the molecule is CONc1c(O)cccc1N(CN)NOC. The third kappa shape index (κ3) is 2.74. The summed E-state index contributed by atoms with van der Waals surface area (Å²) in [5, 5.41) is 11.2. The first kappa shape index (κ1) is 12.5. The Balaban J connectivity index is 3.04. The van der Waals surface area contributed by atoms with Crippen LogP contribution >= 0.6 is 0 Å². The lowest BCUT2D eigenvalue weighted by Crippen LogP contribution is -2.41. The van der Waals surface area contributed by atoms with Crippen molar-refractivity contribution in [3.05, 3.63) is 18.2 Å². The summed E-state index contributed by atoms with van der Waals surface area (Å²) in [6.07, 6.45) is 0. The van der Waals surface area contributed by atoms with Crippen LogP contribution in [-0.4, -0.2) is 26.0 Å². The summed E-state index contributed by atoms with van der Waals surface area (Å²) in [6.45, 7) is 0.162. The van der Waals surface area contributed by atoms with Crippen molar-refractivity contribution in [2.75, 3.05) is 31.4 Å². The Hall–Kier alpha value is -1.54. The standard InChI is InChI=1S/C9H16N4O3/c1-15-11-9-7(4-3-5-8(9)14)13(6-10)12-16-2/h3-5,11-12,14H,6,10H2,1-2H3. The molecule has 7 heteroatoms. The molecule has 0 aliphatic heterocycles. The summed E-state index contributed by atoms with van der Waals surface area (Å²) in [6, 6.07) is 4.97. The summed E-state index contributed by atoms with van der Waals surface area (Å²) in [7, 11) is 2.92. The van der Waals surface area contributed by atoms with Crippen molar-refractivity contribution in [2.45, 2.75) is 0 Å². The third-order valence-corrected chi connectivity index (χ3v) is 1.90. The quantitative estimate of drug-likeness (QED) is 0.313. The second-order valence-corrected chi connectivity index (χ2v) is 2.88. The largest absolute Gasteiger partial charge is 0.506 e. The molecule has 5 N–H and O–H groups in total. The number of benzene rings is 1. The molecule has 0 fully saturated rings. The van der Waals surface area contributed by atoms with Crippen molar-refractivity contribution >= 4 is 11.4 Å². The summed E-state index contributed by atoms with van der Waals surface area (Å²) >= 11 is 0. The predicted molar refractivity (Wildman–Crippen MR) is 60.4 cm³/mol. The molecular weight excluding hydrogens is 212 g/mol. The fourth-order valence-electron chi connectivity index (χ4n) is 1.25. The lowest BCUT2D eigenvalue weighted by molar-refractivity contribution is 0.0827. The number of rotatable bonds is 6. The van der Waals surface area contributed by atoms with Gasteiger partial charge in [-0.1, -0.05) is 6.07 Å². The Kier molecular flexibility index (Phi) is 4.80. The van der Waals surface area contributed by atoms with Crippen molar-refractivity contribution in [3.63, 3.8) is 0 Å². The zero-order valence-electron chi connectivity index (χ0n) is 9.23. The number of hydrogen-bond donors (Lipinski definition) is 4. The van der Waals surface area contributed by atoms with Crippen LogP contribution in [0.2, 0.25) is 0 Å². The molecular formula is C9H16N4O3. The van der Waals surface area contributed by atoms with Crippen LogP contribution in [0.4, 0.5) is 11.4 Å². The predicted octanol–water partition coefficient (Wildman–Crippen LogP) is 0.154. The highest BCUT2D eigenvalue weighted by Crippen LogP contribution is 2.33. The second kappa shape index (κ2) is 6.13. The Labute approximate surface area is 93.6 Å². The van der Waals surface area contributed by atoms with Crippen LogP contribution in [0.15, 0.2) is 18.2 Å². The van der Waals surface area contributed by atoms with Crippen LogP contribution in [-0.2, 0) is 9.68 Å². The van der Waals surface area contributed by atoms with E-state index in [4.69, 9.17) is 15.4 Å². The van der Waals surface area contributed by atoms with Crippen LogP contribution in [0.25, 0.3) is 0 Å². The molecule has 1 aromatic rings. The molecule has 7 nitrogen and oxygen atoms in total. The van der Waals surface area contributed by atoms with Crippen LogP contribution in [0, 0.1) is 0 Å². The zero-order chi connectivity index (χ0) is 12.0. The van der Waals surface area contributed by atoms with Gasteiger partial charge in [-0.2, -0.15) is 0 Å². The van der Waals surface area contributed by atoms with Crippen LogP contribution in [0.5, 0.6) is 5.75 Å². The van der Waals surface area contributed by atoms with Gasteiger partial charge >= 0.3 is 0 Å². The van der Waals surface area contributed by atoms with E-state index in [-0.39, 0.29) is 12.4 Å². The normalized spacial score (nSPS) is 10.2. The Morgan fingerprint density at radius 1 is 1.38 bits per heavy atom. The van der Waals surface area contributed by atoms with Gasteiger partial charge in [0.05, 0.1) is 26.6 Å². The molecule has 0 amide bonds. The van der Waals surface area contributed by atoms with Crippen molar-refractivity contribution in [3.8, 4) is 5.75 Å². The van der Waals surface area contributed by atoms with E-state index in [1.54, 1.807) is 12.1 Å². The lowest BCUT2D eigenvalue weighted by Gasteiger charge is -2.24. The first-order chi connectivity index (χ1) is 7.74. The summed E-state index contributed by atoms with van der Waals surface area (Å²) in [4.78, 5) is 9.54. The number of hydrogen-bond acceptors (Lipinski definition) is 7. The van der Waals surface area contributed by atoms with E-state index in [0.29, 0.717) is 11.4 Å². The van der Waals surface area contributed by atoms with Gasteiger partial charge in [-0.15, -0.1) is 5.59 Å². The zero-order valence-corrected chi connectivity index (χ0v) is 9.23. The van der Waals surface area contributed by atoms with Gasteiger partial charge < -0.3 is 10.8 Å². The lowest BCUT2D eigenvalue weighted by atomic mass is 10.2. The third-order valence-electron chi connectivity index (χ3n) is 1.90. The fraction of sp³-hybridized carbons (Fsp3) is 0.333. The van der Waals surface area contributed by atoms with Crippen LogP contribution < -0.4 is 21.8 Å². The van der Waals surface area contributed by atoms with E-state index in [2.05, 4.69) is 11.1 Å². The molecule has 16 heavy (non-hydrogen) atoms. The van der Waals surface area contributed by atoms with Gasteiger partial charge in [0, 0.05) is 0 Å². The van der Waals surface area contributed by atoms with Crippen molar-refractivity contribution in [1.29, 1.82) is 0 Å². The molecule has 0 aliphatic carbocycles. The average molecular weight is 228 g/mol. The number of anilines is 2. The second-order valence-electron chi connectivity index (χ2n) is 2.88. The molecule has 0 saturated heterocycles. The molecule has 0 spiro atoms. The van der Waals surface area contributed by atoms with E-state index < -0.39 is 0 Å². The molecule has 0 aliphatic rings. The Morgan fingerprint density at radius 3 is 2.69 bits per heavy atom. The molecule has 0 atom stereocenters. The summed E-state index contributed by atoms with van der Waals surface area (Å²) in [5.74, 6) is 0.0516. The molecule has 0 unspecified atom stereocenters. The number of para-hydroxylation sites is 1. The van der Waals surface area contributed by atoms with E-state index >= 15 is 0 Å². The average Bonchev–Trinajstić information content (AvgIpc) is 2.29. The summed E-state index contributed by atoms with van der Waals surface area (Å²) < 4.78 is 0. The van der Waals surface area contributed by atoms with Gasteiger partial charge in [0.25, 0.3) is 0 Å². The van der Waals surface area contributed by atoms with Crippen LogP contribution in [0.3, 0.4) is 0 Å². The molecule has 0 aromatic heterocycles. The number of nitrogens with two attached hydrogens (primary N) is 1. The minimum atomic E-state index is 0.0516. The molecule has 0 bridgehead atoms.